The number of para-hydroxylation sites is 1. The first-order valence-electron chi connectivity index (χ1n) is 10.1. The van der Waals surface area contributed by atoms with Crippen LogP contribution >= 0.6 is 0 Å². The van der Waals surface area contributed by atoms with Gasteiger partial charge in [-0.05, 0) is 30.2 Å². The van der Waals surface area contributed by atoms with E-state index in [1.807, 2.05) is 18.2 Å². The first-order valence-corrected chi connectivity index (χ1v) is 10.1. The van der Waals surface area contributed by atoms with Crippen molar-refractivity contribution in [1.82, 2.24) is 31.5 Å². The molecule has 0 saturated heterocycles. The zero-order chi connectivity index (χ0) is 23.1. The van der Waals surface area contributed by atoms with Crippen molar-refractivity contribution in [2.75, 3.05) is 12.3 Å². The SMILES string of the molecule is Nc1n[nH]c2ccc(C3=CN(CC(=O)N[C@H]4Cc5cccc(C(=O)O)c5OB4O)NN3)cc12. The molecular weight excluding hydrogens is 429 g/mol. The number of hydrazine groups is 2. The Kier molecular flexibility index (Phi) is 5.03. The van der Waals surface area contributed by atoms with Gasteiger partial charge in [-0.25, -0.2) is 4.79 Å². The zero-order valence-corrected chi connectivity index (χ0v) is 17.2. The normalized spacial score (nSPS) is 17.2. The van der Waals surface area contributed by atoms with Gasteiger partial charge in [-0.15, -0.1) is 5.53 Å². The Morgan fingerprint density at radius 2 is 2.18 bits per heavy atom. The minimum atomic E-state index is -1.37. The second-order valence-electron chi connectivity index (χ2n) is 7.76. The van der Waals surface area contributed by atoms with Crippen LogP contribution in [0.4, 0.5) is 5.82 Å². The van der Waals surface area contributed by atoms with Crippen LogP contribution in [-0.2, 0) is 11.2 Å². The van der Waals surface area contributed by atoms with Crippen LogP contribution in [0.2, 0.25) is 0 Å². The number of nitrogen functional groups attached to an aromatic ring is 1. The Morgan fingerprint density at radius 1 is 1.33 bits per heavy atom. The summed E-state index contributed by atoms with van der Waals surface area (Å²) in [7, 11) is -1.37. The van der Waals surface area contributed by atoms with Gasteiger partial charge in [0.05, 0.1) is 22.7 Å². The average Bonchev–Trinajstić information content (AvgIpc) is 3.40. The highest BCUT2D eigenvalue weighted by atomic mass is 16.5. The Balaban J connectivity index is 1.24. The molecule has 0 bridgehead atoms. The number of carbonyl (C=O) groups is 2. The van der Waals surface area contributed by atoms with E-state index in [9.17, 15) is 19.7 Å². The van der Waals surface area contributed by atoms with Crippen LogP contribution < -0.4 is 26.7 Å². The number of benzene rings is 2. The molecule has 0 fully saturated rings. The lowest BCUT2D eigenvalue weighted by molar-refractivity contribution is -0.122. The van der Waals surface area contributed by atoms with Gasteiger partial charge in [-0.3, -0.25) is 14.9 Å². The number of hydrogen-bond acceptors (Lipinski definition) is 9. The summed E-state index contributed by atoms with van der Waals surface area (Å²) in [6, 6.07) is 10.4. The van der Waals surface area contributed by atoms with E-state index in [1.165, 1.54) is 6.07 Å². The smallest absolute Gasteiger partial charge is 0.534 e. The fraction of sp³-hybridized carbons (Fsp3) is 0.150. The van der Waals surface area contributed by atoms with Gasteiger partial charge in [-0.2, -0.15) is 5.10 Å². The number of rotatable bonds is 5. The van der Waals surface area contributed by atoms with Crippen molar-refractivity contribution in [1.29, 1.82) is 0 Å². The van der Waals surface area contributed by atoms with Crippen molar-refractivity contribution in [2.24, 2.45) is 0 Å². The van der Waals surface area contributed by atoms with Gasteiger partial charge in [0.15, 0.2) is 5.82 Å². The van der Waals surface area contributed by atoms with Crippen molar-refractivity contribution in [2.45, 2.75) is 12.4 Å². The van der Waals surface area contributed by atoms with E-state index in [4.69, 9.17) is 10.4 Å². The Bertz CT molecular complexity index is 1290. The summed E-state index contributed by atoms with van der Waals surface area (Å²) in [5, 5.41) is 31.5. The van der Waals surface area contributed by atoms with E-state index in [0.717, 1.165) is 22.2 Å². The number of nitrogens with one attached hydrogen (secondary N) is 4. The number of carboxylic acids is 1. The maximum absolute atomic E-state index is 12.6. The summed E-state index contributed by atoms with van der Waals surface area (Å²) in [5.74, 6) is -1.70. The zero-order valence-electron chi connectivity index (χ0n) is 17.2. The number of nitrogens with two attached hydrogens (primary N) is 1. The van der Waals surface area contributed by atoms with E-state index in [1.54, 1.807) is 23.3 Å². The molecule has 13 heteroatoms. The summed E-state index contributed by atoms with van der Waals surface area (Å²) in [6.45, 7) is -0.0438. The van der Waals surface area contributed by atoms with Crippen molar-refractivity contribution in [3.8, 4) is 5.75 Å². The Morgan fingerprint density at radius 3 is 3.00 bits per heavy atom. The maximum Gasteiger partial charge on any atom is 0.547 e. The molecule has 1 amide bonds. The molecular formula is C20H20BN7O5. The summed E-state index contributed by atoms with van der Waals surface area (Å²) < 4.78 is 5.41. The summed E-state index contributed by atoms with van der Waals surface area (Å²) in [4.78, 5) is 24.0. The number of aromatic nitrogens is 2. The summed E-state index contributed by atoms with van der Waals surface area (Å²) in [6.07, 6.45) is 1.97. The Labute approximate surface area is 187 Å². The fourth-order valence-corrected chi connectivity index (χ4v) is 3.91. The molecule has 1 atom stereocenters. The van der Waals surface area contributed by atoms with Crippen LogP contribution in [0.15, 0.2) is 42.6 Å². The molecule has 2 aliphatic heterocycles. The molecule has 3 heterocycles. The topological polar surface area (TPSA) is 178 Å². The number of carboxylic acid groups (broad SMARTS) is 1. The maximum atomic E-state index is 12.6. The van der Waals surface area contributed by atoms with Gasteiger partial charge in [0.2, 0.25) is 5.91 Å². The molecule has 2 aromatic carbocycles. The predicted octanol–water partition coefficient (Wildman–Crippen LogP) is -0.394. The molecule has 1 aromatic heterocycles. The second kappa shape index (κ2) is 8.04. The lowest BCUT2D eigenvalue weighted by Crippen LogP contribution is -2.55. The molecule has 3 aromatic rings. The third-order valence-corrected chi connectivity index (χ3v) is 5.53. The highest BCUT2D eigenvalue weighted by molar-refractivity contribution is 6.47. The lowest BCUT2D eigenvalue weighted by atomic mass is 9.72. The van der Waals surface area contributed by atoms with E-state index < -0.39 is 19.0 Å². The first kappa shape index (κ1) is 20.7. The summed E-state index contributed by atoms with van der Waals surface area (Å²) in [5.41, 5.74) is 14.7. The monoisotopic (exact) mass is 449 g/mol. The van der Waals surface area contributed by atoms with Gasteiger partial charge in [-0.1, -0.05) is 18.2 Å². The van der Waals surface area contributed by atoms with E-state index >= 15 is 0 Å². The van der Waals surface area contributed by atoms with Crippen molar-refractivity contribution >= 4 is 41.4 Å². The predicted molar refractivity (Wildman–Crippen MR) is 119 cm³/mol. The molecule has 168 valence electrons. The largest absolute Gasteiger partial charge is 0.547 e. The standard InChI is InChI=1S/C20H20BN7O5/c22-19-13-6-10(4-5-14(13)24-26-19)15-8-28(27-25-15)9-17(29)23-16-7-11-2-1-3-12(20(30)31)18(11)33-21(16)32/h1-6,8,16,25,27,32H,7,9H2,(H,23,29)(H,30,31)(H3,22,24,26)/t16-/m0/s1. The van der Waals surface area contributed by atoms with Gasteiger partial charge < -0.3 is 31.3 Å². The number of H-pyrrole nitrogens is 1. The van der Waals surface area contributed by atoms with E-state index in [2.05, 4.69) is 26.5 Å². The molecule has 0 saturated carbocycles. The van der Waals surface area contributed by atoms with Gasteiger partial charge in [0.25, 0.3) is 0 Å². The Hall–Kier alpha value is -4.23. The van der Waals surface area contributed by atoms with Crippen LogP contribution in [0.3, 0.4) is 0 Å². The second-order valence-corrected chi connectivity index (χ2v) is 7.76. The average molecular weight is 449 g/mol. The van der Waals surface area contributed by atoms with Crippen LogP contribution in [-0.4, -0.2) is 56.8 Å². The minimum absolute atomic E-state index is 0.0308. The van der Waals surface area contributed by atoms with Crippen LogP contribution in [0.5, 0.6) is 5.75 Å². The van der Waals surface area contributed by atoms with Crippen molar-refractivity contribution < 1.29 is 24.4 Å². The molecule has 0 unspecified atom stereocenters. The third kappa shape index (κ3) is 3.90. The third-order valence-electron chi connectivity index (χ3n) is 5.53. The fourth-order valence-electron chi connectivity index (χ4n) is 3.91. The number of fused-ring (bicyclic) bond motifs is 2. The quantitative estimate of drug-likeness (QED) is 0.254. The van der Waals surface area contributed by atoms with Gasteiger partial charge in [0, 0.05) is 17.1 Å². The number of anilines is 1. The van der Waals surface area contributed by atoms with E-state index in [0.29, 0.717) is 11.4 Å². The molecule has 33 heavy (non-hydrogen) atoms. The van der Waals surface area contributed by atoms with Gasteiger partial charge in [0.1, 0.15) is 12.3 Å². The number of aromatic carboxylic acids is 1. The highest BCUT2D eigenvalue weighted by Gasteiger charge is 2.37. The molecule has 0 aliphatic carbocycles. The first-order chi connectivity index (χ1) is 15.9. The molecule has 0 spiro atoms. The number of aromatic amines is 1. The molecule has 8 N–H and O–H groups in total. The van der Waals surface area contributed by atoms with Crippen molar-refractivity contribution in [3.05, 3.63) is 59.3 Å². The number of carbonyl (C=O) groups excluding carboxylic acids is 1. The molecule has 0 radical (unpaired) electrons. The number of hydrogen-bond donors (Lipinski definition) is 7. The molecule has 5 rings (SSSR count). The van der Waals surface area contributed by atoms with Gasteiger partial charge >= 0.3 is 13.1 Å². The number of nitrogens with zero attached hydrogens (tertiary/aromatic N) is 2. The lowest BCUT2D eigenvalue weighted by Gasteiger charge is -2.29. The highest BCUT2D eigenvalue weighted by Crippen LogP contribution is 2.30. The van der Waals surface area contributed by atoms with Crippen LogP contribution in [0, 0.1) is 0 Å². The molecule has 2 aliphatic rings. The minimum Gasteiger partial charge on any atom is -0.534 e. The van der Waals surface area contributed by atoms with E-state index in [-0.39, 0.29) is 30.2 Å². The molecule has 12 nitrogen and oxygen atoms in total. The van der Waals surface area contributed by atoms with Crippen LogP contribution in [0.25, 0.3) is 16.6 Å². The number of amides is 1. The van der Waals surface area contributed by atoms with Crippen molar-refractivity contribution in [3.63, 3.8) is 0 Å². The summed E-state index contributed by atoms with van der Waals surface area (Å²) >= 11 is 0. The van der Waals surface area contributed by atoms with Crippen LogP contribution in [0.1, 0.15) is 21.5 Å².